The van der Waals surface area contributed by atoms with E-state index in [-0.39, 0.29) is 18.6 Å². The first-order valence-electron chi connectivity index (χ1n) is 8.26. The van der Waals surface area contributed by atoms with Gasteiger partial charge in [-0.15, -0.1) is 0 Å². The summed E-state index contributed by atoms with van der Waals surface area (Å²) in [5, 5.41) is 0. The number of hydrogen-bond acceptors (Lipinski definition) is 5. The summed E-state index contributed by atoms with van der Waals surface area (Å²) < 4.78 is 11.5. The zero-order chi connectivity index (χ0) is 17.2. The molecule has 1 saturated heterocycles. The molecule has 0 spiro atoms. The maximum absolute atomic E-state index is 12.9. The second-order valence-corrected chi connectivity index (χ2v) is 6.09. The average Bonchev–Trinajstić information content (AvgIpc) is 2.67. The van der Waals surface area contributed by atoms with Gasteiger partial charge in [0, 0.05) is 12.1 Å². The molecule has 2 aliphatic rings. The van der Waals surface area contributed by atoms with Gasteiger partial charge in [-0.1, -0.05) is 24.3 Å². The van der Waals surface area contributed by atoms with Gasteiger partial charge in [-0.2, -0.15) is 0 Å². The Morgan fingerprint density at radius 2 is 2.08 bits per heavy atom. The SMILES string of the molecule is Nc1cccc([C@H]2CN(C(=O)C3=Cc4ccccc4OC3)CCO2)n1. The van der Waals surface area contributed by atoms with Gasteiger partial charge in [-0.05, 0) is 24.3 Å². The van der Waals surface area contributed by atoms with Crippen LogP contribution in [-0.2, 0) is 9.53 Å². The molecule has 128 valence electrons. The number of fused-ring (bicyclic) bond motifs is 1. The first kappa shape index (κ1) is 15.7. The van der Waals surface area contributed by atoms with Crippen molar-refractivity contribution in [3.63, 3.8) is 0 Å². The topological polar surface area (TPSA) is 77.7 Å². The highest BCUT2D eigenvalue weighted by atomic mass is 16.5. The third kappa shape index (κ3) is 3.21. The van der Waals surface area contributed by atoms with Crippen LogP contribution in [0.15, 0.2) is 48.0 Å². The summed E-state index contributed by atoms with van der Waals surface area (Å²) in [6.07, 6.45) is 1.64. The first-order valence-corrected chi connectivity index (χ1v) is 8.26. The molecular weight excluding hydrogens is 318 g/mol. The van der Waals surface area contributed by atoms with E-state index in [2.05, 4.69) is 4.98 Å². The summed E-state index contributed by atoms with van der Waals surface area (Å²) in [5.74, 6) is 1.24. The molecule has 0 unspecified atom stereocenters. The molecular formula is C19H19N3O3. The van der Waals surface area contributed by atoms with E-state index in [1.807, 2.05) is 42.5 Å². The Morgan fingerprint density at radius 1 is 1.20 bits per heavy atom. The number of nitrogens with zero attached hydrogens (tertiary/aromatic N) is 2. The zero-order valence-electron chi connectivity index (χ0n) is 13.7. The van der Waals surface area contributed by atoms with E-state index in [9.17, 15) is 4.79 Å². The molecule has 2 aliphatic heterocycles. The highest BCUT2D eigenvalue weighted by Gasteiger charge is 2.29. The Morgan fingerprint density at radius 3 is 2.96 bits per heavy atom. The predicted octanol–water partition coefficient (Wildman–Crippen LogP) is 2.04. The van der Waals surface area contributed by atoms with Gasteiger partial charge < -0.3 is 20.1 Å². The number of amides is 1. The minimum Gasteiger partial charge on any atom is -0.488 e. The standard InChI is InChI=1S/C19H19N3O3/c20-18-7-3-5-15(21-18)17-11-22(8-9-24-17)19(23)14-10-13-4-1-2-6-16(13)25-12-14/h1-7,10,17H,8-9,11-12H2,(H2,20,21)/t17-/m1/s1. The number of hydrogen-bond donors (Lipinski definition) is 1. The number of carbonyl (C=O) groups is 1. The lowest BCUT2D eigenvalue weighted by Crippen LogP contribution is -2.44. The van der Waals surface area contributed by atoms with E-state index < -0.39 is 0 Å². The van der Waals surface area contributed by atoms with Crippen molar-refractivity contribution in [2.75, 3.05) is 32.0 Å². The Balaban J connectivity index is 1.52. The van der Waals surface area contributed by atoms with Crippen LogP contribution in [0.1, 0.15) is 17.4 Å². The largest absolute Gasteiger partial charge is 0.488 e. The van der Waals surface area contributed by atoms with Gasteiger partial charge in [0.1, 0.15) is 24.3 Å². The van der Waals surface area contributed by atoms with Crippen molar-refractivity contribution >= 4 is 17.8 Å². The highest BCUT2D eigenvalue weighted by Crippen LogP contribution is 2.28. The van der Waals surface area contributed by atoms with Gasteiger partial charge in [0.25, 0.3) is 5.91 Å². The lowest BCUT2D eigenvalue weighted by Gasteiger charge is -2.33. The molecule has 0 radical (unpaired) electrons. The van der Waals surface area contributed by atoms with E-state index >= 15 is 0 Å². The normalized spacial score (nSPS) is 19.6. The summed E-state index contributed by atoms with van der Waals surface area (Å²) in [6.45, 7) is 1.76. The van der Waals surface area contributed by atoms with Crippen molar-refractivity contribution < 1.29 is 14.3 Å². The maximum atomic E-state index is 12.9. The number of benzene rings is 1. The zero-order valence-corrected chi connectivity index (χ0v) is 13.7. The summed E-state index contributed by atoms with van der Waals surface area (Å²) >= 11 is 0. The maximum Gasteiger partial charge on any atom is 0.253 e. The molecule has 2 N–H and O–H groups in total. The molecule has 0 aliphatic carbocycles. The van der Waals surface area contributed by atoms with Crippen LogP contribution < -0.4 is 10.5 Å². The van der Waals surface area contributed by atoms with Crippen LogP contribution in [0.25, 0.3) is 6.08 Å². The van der Waals surface area contributed by atoms with Crippen molar-refractivity contribution in [1.29, 1.82) is 0 Å². The van der Waals surface area contributed by atoms with E-state index in [0.717, 1.165) is 17.0 Å². The minimum atomic E-state index is -0.265. The highest BCUT2D eigenvalue weighted by molar-refractivity contribution is 5.99. The van der Waals surface area contributed by atoms with Crippen LogP contribution in [0, 0.1) is 0 Å². The monoisotopic (exact) mass is 337 g/mol. The Labute approximate surface area is 145 Å². The van der Waals surface area contributed by atoms with E-state index in [0.29, 0.717) is 31.1 Å². The number of pyridine rings is 1. The molecule has 0 saturated carbocycles. The summed E-state index contributed by atoms with van der Waals surface area (Å²) in [4.78, 5) is 19.0. The molecule has 6 nitrogen and oxygen atoms in total. The molecule has 0 bridgehead atoms. The lowest BCUT2D eigenvalue weighted by molar-refractivity contribution is -0.135. The van der Waals surface area contributed by atoms with Gasteiger partial charge in [0.2, 0.25) is 0 Å². The third-order valence-electron chi connectivity index (χ3n) is 4.38. The van der Waals surface area contributed by atoms with E-state index in [4.69, 9.17) is 15.2 Å². The lowest BCUT2D eigenvalue weighted by atomic mass is 10.1. The molecule has 3 heterocycles. The molecule has 25 heavy (non-hydrogen) atoms. The molecule has 2 aromatic rings. The fraction of sp³-hybridized carbons (Fsp3) is 0.263. The van der Waals surface area contributed by atoms with E-state index in [1.54, 1.807) is 11.0 Å². The predicted molar refractivity (Wildman–Crippen MR) is 93.8 cm³/mol. The number of aromatic nitrogens is 1. The van der Waals surface area contributed by atoms with Gasteiger partial charge in [-0.25, -0.2) is 4.98 Å². The Bertz CT molecular complexity index is 834. The molecule has 1 aromatic heterocycles. The van der Waals surface area contributed by atoms with Crippen molar-refractivity contribution in [3.8, 4) is 5.75 Å². The number of ether oxygens (including phenoxy) is 2. The first-order chi connectivity index (χ1) is 12.2. The van der Waals surface area contributed by atoms with Crippen LogP contribution in [0.3, 0.4) is 0 Å². The van der Waals surface area contributed by atoms with Crippen LogP contribution in [0.4, 0.5) is 5.82 Å². The van der Waals surface area contributed by atoms with Gasteiger partial charge in [0.15, 0.2) is 0 Å². The molecule has 1 fully saturated rings. The quantitative estimate of drug-likeness (QED) is 0.907. The summed E-state index contributed by atoms with van der Waals surface area (Å²) in [6, 6.07) is 13.2. The van der Waals surface area contributed by atoms with Gasteiger partial charge >= 0.3 is 0 Å². The van der Waals surface area contributed by atoms with Crippen LogP contribution in [0.2, 0.25) is 0 Å². The van der Waals surface area contributed by atoms with Gasteiger partial charge in [0.05, 0.1) is 24.4 Å². The van der Waals surface area contributed by atoms with Crippen LogP contribution in [0.5, 0.6) is 5.75 Å². The van der Waals surface area contributed by atoms with Crippen LogP contribution in [-0.4, -0.2) is 42.1 Å². The number of nitrogen functional groups attached to an aromatic ring is 1. The Kier molecular flexibility index (Phi) is 4.11. The molecule has 1 atom stereocenters. The second kappa shape index (κ2) is 6.57. The van der Waals surface area contributed by atoms with Crippen molar-refractivity contribution in [1.82, 2.24) is 9.88 Å². The van der Waals surface area contributed by atoms with Crippen molar-refractivity contribution in [3.05, 3.63) is 59.3 Å². The van der Waals surface area contributed by atoms with Gasteiger partial charge in [-0.3, -0.25) is 4.79 Å². The fourth-order valence-electron chi connectivity index (χ4n) is 3.10. The minimum absolute atomic E-state index is 0.0216. The molecule has 1 amide bonds. The van der Waals surface area contributed by atoms with Crippen molar-refractivity contribution in [2.45, 2.75) is 6.10 Å². The number of rotatable bonds is 2. The van der Waals surface area contributed by atoms with Crippen LogP contribution >= 0.6 is 0 Å². The average molecular weight is 337 g/mol. The smallest absolute Gasteiger partial charge is 0.253 e. The fourth-order valence-corrected chi connectivity index (χ4v) is 3.10. The molecule has 1 aromatic carbocycles. The number of anilines is 1. The number of morpholine rings is 1. The second-order valence-electron chi connectivity index (χ2n) is 6.09. The summed E-state index contributed by atoms with van der Waals surface area (Å²) in [7, 11) is 0. The third-order valence-corrected chi connectivity index (χ3v) is 4.38. The van der Waals surface area contributed by atoms with E-state index in [1.165, 1.54) is 0 Å². The number of nitrogens with two attached hydrogens (primary N) is 1. The molecule has 4 rings (SSSR count). The number of carbonyl (C=O) groups excluding carboxylic acids is 1. The summed E-state index contributed by atoms with van der Waals surface area (Å²) in [5.41, 5.74) is 8.08. The molecule has 6 heteroatoms. The Hall–Kier alpha value is -2.86. The van der Waals surface area contributed by atoms with Crippen molar-refractivity contribution in [2.24, 2.45) is 0 Å². The number of para-hydroxylation sites is 1.